The molecule has 108 valence electrons. The number of aromatic nitrogens is 3. The van der Waals surface area contributed by atoms with E-state index in [9.17, 15) is 0 Å². The average Bonchev–Trinajstić information content (AvgIpc) is 2.86. The molecule has 5 nitrogen and oxygen atoms in total. The normalized spacial score (nSPS) is 10.8. The predicted molar refractivity (Wildman–Crippen MR) is 78.9 cm³/mol. The first-order valence-corrected chi connectivity index (χ1v) is 7.10. The second-order valence-corrected chi connectivity index (χ2v) is 4.92. The van der Waals surface area contributed by atoms with Gasteiger partial charge in [-0.15, -0.1) is 0 Å². The first kappa shape index (κ1) is 14.8. The molecular weight excluding hydrogens is 276 g/mol. The van der Waals surface area contributed by atoms with Crippen LogP contribution in [0, 0.1) is 0 Å². The van der Waals surface area contributed by atoms with Gasteiger partial charge in [0.1, 0.15) is 18.7 Å². The van der Waals surface area contributed by atoms with Gasteiger partial charge < -0.3 is 10.5 Å². The Morgan fingerprint density at radius 3 is 3.00 bits per heavy atom. The Morgan fingerprint density at radius 1 is 1.40 bits per heavy atom. The van der Waals surface area contributed by atoms with Gasteiger partial charge in [0.2, 0.25) is 0 Å². The van der Waals surface area contributed by atoms with E-state index in [1.54, 1.807) is 6.33 Å². The highest BCUT2D eigenvalue weighted by atomic mass is 35.5. The molecule has 2 rings (SSSR count). The van der Waals surface area contributed by atoms with E-state index in [0.29, 0.717) is 18.2 Å². The second kappa shape index (κ2) is 7.26. The molecule has 1 aromatic heterocycles. The predicted octanol–water partition coefficient (Wildman–Crippen LogP) is 2.42. The van der Waals surface area contributed by atoms with Crippen molar-refractivity contribution in [2.24, 2.45) is 5.73 Å². The molecule has 0 spiro atoms. The smallest absolute Gasteiger partial charge is 0.164 e. The van der Waals surface area contributed by atoms with Crippen LogP contribution in [0.2, 0.25) is 5.02 Å². The van der Waals surface area contributed by atoms with E-state index in [0.717, 1.165) is 36.5 Å². The van der Waals surface area contributed by atoms with Crippen molar-refractivity contribution >= 4 is 11.6 Å². The highest BCUT2D eigenvalue weighted by Gasteiger charge is 2.08. The molecule has 0 bridgehead atoms. The van der Waals surface area contributed by atoms with Crippen LogP contribution < -0.4 is 10.5 Å². The highest BCUT2D eigenvalue weighted by Crippen LogP contribution is 2.24. The molecule has 0 aliphatic rings. The summed E-state index contributed by atoms with van der Waals surface area (Å²) in [6, 6.07) is 5.57. The van der Waals surface area contributed by atoms with Crippen LogP contribution >= 0.6 is 11.6 Å². The molecule has 2 aromatic rings. The van der Waals surface area contributed by atoms with Crippen LogP contribution in [0.25, 0.3) is 0 Å². The lowest BCUT2D eigenvalue weighted by atomic mass is 10.1. The summed E-state index contributed by atoms with van der Waals surface area (Å²) >= 11 is 6.00. The zero-order valence-electron chi connectivity index (χ0n) is 11.6. The molecule has 20 heavy (non-hydrogen) atoms. The maximum Gasteiger partial charge on any atom is 0.164 e. The Hall–Kier alpha value is -1.59. The number of halogens is 1. The number of hydrogen-bond acceptors (Lipinski definition) is 4. The van der Waals surface area contributed by atoms with E-state index >= 15 is 0 Å². The number of aryl methyl sites for hydroxylation is 1. The van der Waals surface area contributed by atoms with Gasteiger partial charge in [-0.3, -0.25) is 0 Å². The molecule has 0 atom stereocenters. The topological polar surface area (TPSA) is 66.0 Å². The number of nitrogens with zero attached hydrogens (tertiary/aromatic N) is 3. The molecule has 2 N–H and O–H groups in total. The minimum atomic E-state index is 0.388. The van der Waals surface area contributed by atoms with Gasteiger partial charge in [0, 0.05) is 11.6 Å². The summed E-state index contributed by atoms with van der Waals surface area (Å²) in [5, 5.41) is 4.87. The largest absolute Gasteiger partial charge is 0.485 e. The lowest BCUT2D eigenvalue weighted by Crippen LogP contribution is -2.10. The van der Waals surface area contributed by atoms with Gasteiger partial charge in [-0.1, -0.05) is 18.5 Å². The Kier molecular flexibility index (Phi) is 5.38. The first-order chi connectivity index (χ1) is 9.74. The number of ether oxygens (including phenoxy) is 1. The van der Waals surface area contributed by atoms with Crippen LogP contribution in [0.3, 0.4) is 0 Å². The van der Waals surface area contributed by atoms with Crippen LogP contribution in [-0.4, -0.2) is 21.3 Å². The third-order valence-corrected chi connectivity index (χ3v) is 3.16. The SMILES string of the molecule is CCCn1ncnc1COc1ccc(Cl)cc1CCN. The van der Waals surface area contributed by atoms with Gasteiger partial charge in [-0.25, -0.2) is 9.67 Å². The molecule has 0 saturated carbocycles. The van der Waals surface area contributed by atoms with Crippen molar-refractivity contribution in [2.45, 2.75) is 32.9 Å². The molecule has 0 radical (unpaired) electrons. The zero-order chi connectivity index (χ0) is 14.4. The third kappa shape index (κ3) is 3.71. The van der Waals surface area contributed by atoms with Crippen LogP contribution in [0.1, 0.15) is 24.7 Å². The third-order valence-electron chi connectivity index (χ3n) is 2.92. The fourth-order valence-electron chi connectivity index (χ4n) is 1.98. The summed E-state index contributed by atoms with van der Waals surface area (Å²) < 4.78 is 7.70. The number of nitrogens with two attached hydrogens (primary N) is 1. The number of hydrogen-bond donors (Lipinski definition) is 1. The minimum Gasteiger partial charge on any atom is -0.485 e. The fraction of sp³-hybridized carbons (Fsp3) is 0.429. The van der Waals surface area contributed by atoms with Gasteiger partial charge in [-0.05, 0) is 43.1 Å². The molecule has 0 amide bonds. The van der Waals surface area contributed by atoms with Crippen LogP contribution in [-0.2, 0) is 19.6 Å². The summed E-state index contributed by atoms with van der Waals surface area (Å²) in [6.07, 6.45) is 3.30. The number of rotatable bonds is 7. The summed E-state index contributed by atoms with van der Waals surface area (Å²) in [7, 11) is 0. The van der Waals surface area contributed by atoms with Crippen LogP contribution in [0.5, 0.6) is 5.75 Å². The van der Waals surface area contributed by atoms with Crippen molar-refractivity contribution in [1.29, 1.82) is 0 Å². The van der Waals surface area contributed by atoms with E-state index in [2.05, 4.69) is 17.0 Å². The van der Waals surface area contributed by atoms with Crippen molar-refractivity contribution in [3.05, 3.63) is 40.9 Å². The van der Waals surface area contributed by atoms with E-state index in [1.165, 1.54) is 0 Å². The van der Waals surface area contributed by atoms with Gasteiger partial charge in [0.05, 0.1) is 0 Å². The standard InChI is InChI=1S/C14H19ClN4O/c1-2-7-19-14(17-10-18-19)9-20-13-4-3-12(15)8-11(13)5-6-16/h3-4,8,10H,2,5-7,9,16H2,1H3. The Balaban J connectivity index is 2.08. The molecule has 0 aliphatic carbocycles. The lowest BCUT2D eigenvalue weighted by molar-refractivity contribution is 0.283. The van der Waals surface area contributed by atoms with Gasteiger partial charge in [0.25, 0.3) is 0 Å². The van der Waals surface area contributed by atoms with Crippen LogP contribution in [0.4, 0.5) is 0 Å². The quantitative estimate of drug-likeness (QED) is 0.851. The van der Waals surface area contributed by atoms with Crippen molar-refractivity contribution in [3.63, 3.8) is 0 Å². The highest BCUT2D eigenvalue weighted by molar-refractivity contribution is 6.30. The fourth-order valence-corrected chi connectivity index (χ4v) is 2.18. The molecule has 6 heteroatoms. The van der Waals surface area contributed by atoms with Crippen LogP contribution in [0.15, 0.2) is 24.5 Å². The number of benzene rings is 1. The maximum absolute atomic E-state index is 6.00. The van der Waals surface area contributed by atoms with Crippen molar-refractivity contribution in [1.82, 2.24) is 14.8 Å². The Morgan fingerprint density at radius 2 is 2.25 bits per heavy atom. The summed E-state index contributed by atoms with van der Waals surface area (Å²) in [4.78, 5) is 4.22. The summed E-state index contributed by atoms with van der Waals surface area (Å²) in [5.74, 6) is 1.62. The molecule has 0 unspecified atom stereocenters. The molecule has 1 aromatic carbocycles. The monoisotopic (exact) mass is 294 g/mol. The van der Waals surface area contributed by atoms with Crippen molar-refractivity contribution in [2.75, 3.05) is 6.54 Å². The van der Waals surface area contributed by atoms with E-state index in [1.807, 2.05) is 22.9 Å². The Labute approximate surface area is 123 Å². The van der Waals surface area contributed by atoms with Gasteiger partial charge >= 0.3 is 0 Å². The van der Waals surface area contributed by atoms with E-state index in [-0.39, 0.29) is 0 Å². The second-order valence-electron chi connectivity index (χ2n) is 4.48. The van der Waals surface area contributed by atoms with Gasteiger partial charge in [-0.2, -0.15) is 5.10 Å². The first-order valence-electron chi connectivity index (χ1n) is 6.72. The summed E-state index contributed by atoms with van der Waals surface area (Å²) in [6.45, 7) is 3.89. The van der Waals surface area contributed by atoms with Gasteiger partial charge in [0.15, 0.2) is 5.82 Å². The Bertz CT molecular complexity index is 556. The molecule has 0 saturated heterocycles. The lowest BCUT2D eigenvalue weighted by Gasteiger charge is -2.11. The molecule has 0 aliphatic heterocycles. The van der Waals surface area contributed by atoms with E-state index < -0.39 is 0 Å². The summed E-state index contributed by atoms with van der Waals surface area (Å²) in [5.41, 5.74) is 6.62. The van der Waals surface area contributed by atoms with E-state index in [4.69, 9.17) is 22.1 Å². The zero-order valence-corrected chi connectivity index (χ0v) is 12.3. The molecule has 0 fully saturated rings. The maximum atomic E-state index is 6.00. The minimum absolute atomic E-state index is 0.388. The average molecular weight is 295 g/mol. The molecular formula is C14H19ClN4O. The molecule has 1 heterocycles. The van der Waals surface area contributed by atoms with Crippen molar-refractivity contribution < 1.29 is 4.74 Å². The van der Waals surface area contributed by atoms with Crippen molar-refractivity contribution in [3.8, 4) is 5.75 Å².